The molecule has 1 aromatic rings. The maximum Gasteiger partial charge on any atom is 0.233 e. The number of amides is 1. The van der Waals surface area contributed by atoms with Crippen molar-refractivity contribution in [2.75, 3.05) is 26.2 Å². The van der Waals surface area contributed by atoms with Crippen LogP contribution in [0.3, 0.4) is 0 Å². The summed E-state index contributed by atoms with van der Waals surface area (Å²) in [6, 6.07) is 7.67. The first-order valence-electron chi connectivity index (χ1n) is 8.11. The predicted octanol–water partition coefficient (Wildman–Crippen LogP) is 3.81. The fourth-order valence-electron chi connectivity index (χ4n) is 2.63. The molecule has 1 aromatic carbocycles. The van der Waals surface area contributed by atoms with E-state index < -0.39 is 0 Å². The van der Waals surface area contributed by atoms with E-state index in [-0.39, 0.29) is 11.2 Å². The van der Waals surface area contributed by atoms with Gasteiger partial charge in [-0.25, -0.2) is 0 Å². The zero-order valence-corrected chi connectivity index (χ0v) is 14.8. The summed E-state index contributed by atoms with van der Waals surface area (Å²) in [5.74, 6) is 0.142. The van der Waals surface area contributed by atoms with E-state index in [2.05, 4.69) is 17.1 Å². The smallest absolute Gasteiger partial charge is 0.233 e. The van der Waals surface area contributed by atoms with Crippen LogP contribution in [0.5, 0.6) is 0 Å². The summed E-state index contributed by atoms with van der Waals surface area (Å²) in [5, 5.41) is 3.77. The highest BCUT2D eigenvalue weighted by molar-refractivity contribution is 8.00. The molecule has 0 radical (unpaired) electrons. The molecule has 0 bridgehead atoms. The van der Waals surface area contributed by atoms with E-state index in [9.17, 15) is 4.79 Å². The number of likely N-dealkylation sites (tertiary alicyclic amines) is 1. The Balaban J connectivity index is 1.70. The minimum absolute atomic E-state index is 0.0343. The number of hydrogen-bond donors (Lipinski definition) is 1. The summed E-state index contributed by atoms with van der Waals surface area (Å²) < 4.78 is 0. The normalized spacial score (nSPS) is 16.6. The SMILES string of the molecule is CC[C@@H](Sc1ccc(Cl)cc1)C(=O)NCCCN1CCCC1. The Labute approximate surface area is 142 Å². The van der Waals surface area contributed by atoms with Gasteiger partial charge in [-0.3, -0.25) is 4.79 Å². The molecule has 1 saturated heterocycles. The molecule has 122 valence electrons. The molecule has 1 N–H and O–H groups in total. The molecule has 5 heteroatoms. The van der Waals surface area contributed by atoms with E-state index in [1.54, 1.807) is 11.8 Å². The first-order valence-corrected chi connectivity index (χ1v) is 9.37. The second-order valence-corrected chi connectivity index (χ2v) is 7.37. The maximum atomic E-state index is 12.3. The number of thioether (sulfide) groups is 1. The van der Waals surface area contributed by atoms with E-state index in [1.807, 2.05) is 24.3 Å². The molecule has 0 saturated carbocycles. The van der Waals surface area contributed by atoms with Gasteiger partial charge in [0.15, 0.2) is 0 Å². The van der Waals surface area contributed by atoms with E-state index in [0.717, 1.165) is 35.8 Å². The maximum absolute atomic E-state index is 12.3. The highest BCUT2D eigenvalue weighted by Crippen LogP contribution is 2.26. The van der Waals surface area contributed by atoms with Gasteiger partial charge in [-0.05, 0) is 69.6 Å². The van der Waals surface area contributed by atoms with Gasteiger partial charge in [0.1, 0.15) is 0 Å². The van der Waals surface area contributed by atoms with E-state index in [0.29, 0.717) is 0 Å². The first kappa shape index (κ1) is 17.6. The number of rotatable bonds is 8. The largest absolute Gasteiger partial charge is 0.355 e. The summed E-state index contributed by atoms with van der Waals surface area (Å²) in [4.78, 5) is 15.8. The molecule has 22 heavy (non-hydrogen) atoms. The zero-order chi connectivity index (χ0) is 15.8. The van der Waals surface area contributed by atoms with Crippen LogP contribution in [0.25, 0.3) is 0 Å². The Hall–Kier alpha value is -0.710. The van der Waals surface area contributed by atoms with Gasteiger partial charge in [-0.2, -0.15) is 0 Å². The van der Waals surface area contributed by atoms with Crippen molar-refractivity contribution in [2.45, 2.75) is 42.8 Å². The van der Waals surface area contributed by atoms with Gasteiger partial charge >= 0.3 is 0 Å². The molecular formula is C17H25ClN2OS. The summed E-state index contributed by atoms with van der Waals surface area (Å²) in [5.41, 5.74) is 0. The van der Waals surface area contributed by atoms with Crippen LogP contribution in [-0.4, -0.2) is 42.2 Å². The Morgan fingerprint density at radius 1 is 1.32 bits per heavy atom. The average Bonchev–Trinajstić information content (AvgIpc) is 3.04. The Bertz CT molecular complexity index is 460. The van der Waals surface area contributed by atoms with Gasteiger partial charge in [-0.15, -0.1) is 11.8 Å². The van der Waals surface area contributed by atoms with Crippen LogP contribution in [0.1, 0.15) is 32.6 Å². The number of halogens is 1. The zero-order valence-electron chi connectivity index (χ0n) is 13.2. The van der Waals surface area contributed by atoms with Gasteiger partial charge < -0.3 is 10.2 Å². The lowest BCUT2D eigenvalue weighted by molar-refractivity contribution is -0.120. The molecule has 0 aliphatic carbocycles. The topological polar surface area (TPSA) is 32.3 Å². The molecule has 0 unspecified atom stereocenters. The number of hydrogen-bond acceptors (Lipinski definition) is 3. The van der Waals surface area contributed by atoms with Crippen molar-refractivity contribution in [3.63, 3.8) is 0 Å². The van der Waals surface area contributed by atoms with Gasteiger partial charge in [0.05, 0.1) is 5.25 Å². The lowest BCUT2D eigenvalue weighted by Crippen LogP contribution is -2.34. The fraction of sp³-hybridized carbons (Fsp3) is 0.588. The van der Waals surface area contributed by atoms with E-state index in [4.69, 9.17) is 11.6 Å². The van der Waals surface area contributed by atoms with Crippen molar-refractivity contribution < 1.29 is 4.79 Å². The molecule has 1 aliphatic rings. The molecule has 2 rings (SSSR count). The molecule has 0 spiro atoms. The number of nitrogens with zero attached hydrogens (tertiary/aromatic N) is 1. The highest BCUT2D eigenvalue weighted by Gasteiger charge is 2.17. The van der Waals surface area contributed by atoms with Crippen LogP contribution in [-0.2, 0) is 4.79 Å². The molecular weight excluding hydrogens is 316 g/mol. The lowest BCUT2D eigenvalue weighted by Gasteiger charge is -2.17. The second-order valence-electron chi connectivity index (χ2n) is 5.66. The Kier molecular flexibility index (Phi) is 7.56. The standard InChI is InChI=1S/C17H25ClN2OS/c1-2-16(22-15-8-6-14(18)7-9-15)17(21)19-10-5-13-20-11-3-4-12-20/h6-9,16H,2-5,10-13H2,1H3,(H,19,21)/t16-/m1/s1. The van der Waals surface area contributed by atoms with Crippen molar-refractivity contribution in [3.05, 3.63) is 29.3 Å². The van der Waals surface area contributed by atoms with Crippen LogP contribution in [0.15, 0.2) is 29.2 Å². The molecule has 1 amide bonds. The Morgan fingerprint density at radius 3 is 2.64 bits per heavy atom. The number of carbonyl (C=O) groups is 1. The molecule has 3 nitrogen and oxygen atoms in total. The fourth-order valence-corrected chi connectivity index (χ4v) is 3.74. The van der Waals surface area contributed by atoms with Crippen molar-refractivity contribution >= 4 is 29.3 Å². The van der Waals surface area contributed by atoms with Crippen LogP contribution in [0, 0.1) is 0 Å². The average molecular weight is 341 g/mol. The van der Waals surface area contributed by atoms with Gasteiger partial charge in [0.2, 0.25) is 5.91 Å². The number of nitrogens with one attached hydrogen (secondary N) is 1. The van der Waals surface area contributed by atoms with E-state index in [1.165, 1.54) is 25.9 Å². The summed E-state index contributed by atoms with van der Waals surface area (Å²) in [6.07, 6.45) is 4.50. The molecule has 1 fully saturated rings. The lowest BCUT2D eigenvalue weighted by atomic mass is 10.3. The minimum Gasteiger partial charge on any atom is -0.355 e. The monoisotopic (exact) mass is 340 g/mol. The third-order valence-electron chi connectivity index (χ3n) is 3.90. The molecule has 1 heterocycles. The highest BCUT2D eigenvalue weighted by atomic mass is 35.5. The van der Waals surface area contributed by atoms with Crippen LogP contribution >= 0.6 is 23.4 Å². The summed E-state index contributed by atoms with van der Waals surface area (Å²) in [6.45, 7) is 6.36. The quantitative estimate of drug-likeness (QED) is 0.577. The number of carbonyl (C=O) groups excluding carboxylic acids is 1. The van der Waals surface area contributed by atoms with Crippen molar-refractivity contribution in [1.82, 2.24) is 10.2 Å². The third kappa shape index (κ3) is 5.82. The third-order valence-corrected chi connectivity index (χ3v) is 5.53. The predicted molar refractivity (Wildman–Crippen MR) is 94.7 cm³/mol. The molecule has 1 aliphatic heterocycles. The van der Waals surface area contributed by atoms with Crippen molar-refractivity contribution in [2.24, 2.45) is 0 Å². The van der Waals surface area contributed by atoms with Crippen LogP contribution in [0.4, 0.5) is 0 Å². The van der Waals surface area contributed by atoms with Gasteiger partial charge in [0, 0.05) is 16.5 Å². The van der Waals surface area contributed by atoms with Gasteiger partial charge in [0.25, 0.3) is 0 Å². The summed E-state index contributed by atoms with van der Waals surface area (Å²) >= 11 is 7.50. The number of benzene rings is 1. The van der Waals surface area contributed by atoms with Crippen molar-refractivity contribution in [3.8, 4) is 0 Å². The molecule has 1 atom stereocenters. The minimum atomic E-state index is -0.0343. The second kappa shape index (κ2) is 9.43. The first-order chi connectivity index (χ1) is 10.7. The van der Waals surface area contributed by atoms with Gasteiger partial charge in [-0.1, -0.05) is 18.5 Å². The molecule has 0 aromatic heterocycles. The van der Waals surface area contributed by atoms with E-state index >= 15 is 0 Å². The Morgan fingerprint density at radius 2 is 2.00 bits per heavy atom. The van der Waals surface area contributed by atoms with Crippen LogP contribution < -0.4 is 5.32 Å². The summed E-state index contributed by atoms with van der Waals surface area (Å²) in [7, 11) is 0. The van der Waals surface area contributed by atoms with Crippen molar-refractivity contribution in [1.29, 1.82) is 0 Å². The van der Waals surface area contributed by atoms with Crippen LogP contribution in [0.2, 0.25) is 5.02 Å².